The van der Waals surface area contributed by atoms with E-state index in [2.05, 4.69) is 17.8 Å². The number of aryl methyl sites for hydroxylation is 1. The van der Waals surface area contributed by atoms with Crippen molar-refractivity contribution in [2.45, 2.75) is 52.9 Å². The largest absolute Gasteiger partial charge is 0.483 e. The molecule has 22 heavy (non-hydrogen) atoms. The Balaban J connectivity index is 2.23. The number of rotatable bonds is 8. The van der Waals surface area contributed by atoms with E-state index in [9.17, 15) is 9.59 Å². The number of hydrazine groups is 1. The van der Waals surface area contributed by atoms with E-state index < -0.39 is 0 Å². The van der Waals surface area contributed by atoms with Crippen molar-refractivity contribution < 1.29 is 14.3 Å². The maximum atomic E-state index is 11.6. The molecular weight excluding hydrogens is 280 g/mol. The first kappa shape index (κ1) is 18.0. The summed E-state index contributed by atoms with van der Waals surface area (Å²) in [6.07, 6.45) is 4.57. The lowest BCUT2D eigenvalue weighted by Crippen LogP contribution is -2.43. The first-order chi connectivity index (χ1) is 10.5. The van der Waals surface area contributed by atoms with Gasteiger partial charge in [-0.3, -0.25) is 20.4 Å². The molecule has 122 valence electrons. The van der Waals surface area contributed by atoms with Gasteiger partial charge in [-0.2, -0.15) is 0 Å². The molecule has 0 saturated heterocycles. The van der Waals surface area contributed by atoms with Crippen molar-refractivity contribution in [3.8, 4) is 5.75 Å². The van der Waals surface area contributed by atoms with E-state index in [1.54, 1.807) is 0 Å². The van der Waals surface area contributed by atoms with Crippen LogP contribution in [0.2, 0.25) is 0 Å². The Kier molecular flexibility index (Phi) is 8.04. The Bertz CT molecular complexity index is 501. The maximum Gasteiger partial charge on any atom is 0.276 e. The molecule has 0 bridgehead atoms. The smallest absolute Gasteiger partial charge is 0.276 e. The van der Waals surface area contributed by atoms with E-state index >= 15 is 0 Å². The third-order valence-corrected chi connectivity index (χ3v) is 3.51. The number of nitrogens with one attached hydrogen (secondary N) is 2. The topological polar surface area (TPSA) is 67.4 Å². The zero-order valence-corrected chi connectivity index (χ0v) is 13.7. The predicted molar refractivity (Wildman–Crippen MR) is 86.5 cm³/mol. The Labute approximate surface area is 132 Å². The fourth-order valence-electron chi connectivity index (χ4n) is 1.97. The van der Waals surface area contributed by atoms with Gasteiger partial charge in [0.05, 0.1) is 0 Å². The Morgan fingerprint density at radius 2 is 1.77 bits per heavy atom. The fraction of sp³-hybridized carbons (Fsp3) is 0.529. The van der Waals surface area contributed by atoms with Crippen LogP contribution in [0.15, 0.2) is 18.2 Å². The van der Waals surface area contributed by atoms with Crippen molar-refractivity contribution in [1.29, 1.82) is 0 Å². The molecule has 0 aliphatic carbocycles. The maximum absolute atomic E-state index is 11.6. The summed E-state index contributed by atoms with van der Waals surface area (Å²) < 4.78 is 5.46. The summed E-state index contributed by atoms with van der Waals surface area (Å²) in [5.74, 6) is 0.139. The monoisotopic (exact) mass is 306 g/mol. The Hall–Kier alpha value is -2.04. The highest BCUT2D eigenvalue weighted by Gasteiger charge is 2.07. The van der Waals surface area contributed by atoms with Gasteiger partial charge in [-0.15, -0.1) is 0 Å². The minimum Gasteiger partial charge on any atom is -0.483 e. The number of unbranched alkanes of at least 4 members (excludes halogenated alkanes) is 3. The molecular formula is C17H26N2O3. The van der Waals surface area contributed by atoms with Crippen LogP contribution < -0.4 is 15.6 Å². The van der Waals surface area contributed by atoms with Gasteiger partial charge >= 0.3 is 0 Å². The number of hydrogen-bond donors (Lipinski definition) is 2. The second-order valence-corrected chi connectivity index (χ2v) is 5.39. The first-order valence-electron chi connectivity index (χ1n) is 7.81. The zero-order chi connectivity index (χ0) is 16.4. The lowest BCUT2D eigenvalue weighted by Gasteiger charge is -2.11. The average Bonchev–Trinajstić information content (AvgIpc) is 2.51. The molecule has 0 aromatic heterocycles. The highest BCUT2D eigenvalue weighted by molar-refractivity contribution is 5.82. The normalized spacial score (nSPS) is 10.1. The molecule has 0 radical (unpaired) electrons. The number of carbonyl (C=O) groups excluding carboxylic acids is 2. The van der Waals surface area contributed by atoms with Gasteiger partial charge in [0.1, 0.15) is 5.75 Å². The average molecular weight is 306 g/mol. The first-order valence-corrected chi connectivity index (χ1v) is 7.81. The third kappa shape index (κ3) is 6.61. The molecule has 1 aromatic carbocycles. The number of ether oxygens (including phenoxy) is 1. The van der Waals surface area contributed by atoms with Gasteiger partial charge in [0, 0.05) is 6.42 Å². The lowest BCUT2D eigenvalue weighted by atomic mass is 10.1. The highest BCUT2D eigenvalue weighted by Crippen LogP contribution is 2.20. The van der Waals surface area contributed by atoms with Crippen molar-refractivity contribution in [3.05, 3.63) is 29.3 Å². The highest BCUT2D eigenvalue weighted by atomic mass is 16.5. The summed E-state index contributed by atoms with van der Waals surface area (Å²) in [6, 6.07) is 5.69. The minimum absolute atomic E-state index is 0.125. The van der Waals surface area contributed by atoms with Gasteiger partial charge < -0.3 is 4.74 Å². The van der Waals surface area contributed by atoms with Gasteiger partial charge in [0.2, 0.25) is 5.91 Å². The Morgan fingerprint density at radius 3 is 2.50 bits per heavy atom. The summed E-state index contributed by atoms with van der Waals surface area (Å²) in [4.78, 5) is 23.2. The summed E-state index contributed by atoms with van der Waals surface area (Å²) in [5, 5.41) is 0. The second-order valence-electron chi connectivity index (χ2n) is 5.39. The van der Waals surface area contributed by atoms with Crippen LogP contribution >= 0.6 is 0 Å². The number of amides is 2. The number of carbonyl (C=O) groups is 2. The molecule has 1 rings (SSSR count). The van der Waals surface area contributed by atoms with Crippen molar-refractivity contribution >= 4 is 11.8 Å². The van der Waals surface area contributed by atoms with E-state index in [0.29, 0.717) is 12.2 Å². The molecule has 0 aliphatic heterocycles. The number of hydrogen-bond acceptors (Lipinski definition) is 3. The van der Waals surface area contributed by atoms with Crippen LogP contribution in [0.1, 0.15) is 50.2 Å². The van der Waals surface area contributed by atoms with Gasteiger partial charge in [0.25, 0.3) is 5.91 Å². The zero-order valence-electron chi connectivity index (χ0n) is 13.7. The molecule has 2 amide bonds. The van der Waals surface area contributed by atoms with Crippen LogP contribution in [0.3, 0.4) is 0 Å². The molecule has 1 aromatic rings. The molecule has 2 N–H and O–H groups in total. The van der Waals surface area contributed by atoms with Crippen LogP contribution in [-0.2, 0) is 9.59 Å². The molecule has 5 nitrogen and oxygen atoms in total. The van der Waals surface area contributed by atoms with Gasteiger partial charge in [-0.25, -0.2) is 0 Å². The summed E-state index contributed by atoms with van der Waals surface area (Å²) in [7, 11) is 0. The molecule has 0 unspecified atom stereocenters. The van der Waals surface area contributed by atoms with E-state index in [1.807, 2.05) is 32.0 Å². The minimum atomic E-state index is -0.372. The molecule has 0 fully saturated rings. The van der Waals surface area contributed by atoms with Gasteiger partial charge in [-0.05, 0) is 37.5 Å². The molecule has 0 spiro atoms. The van der Waals surface area contributed by atoms with Crippen molar-refractivity contribution in [3.63, 3.8) is 0 Å². The van der Waals surface area contributed by atoms with Crippen molar-refractivity contribution in [2.75, 3.05) is 6.61 Å². The summed E-state index contributed by atoms with van der Waals surface area (Å²) >= 11 is 0. The Morgan fingerprint density at radius 1 is 1.05 bits per heavy atom. The standard InChI is InChI=1S/C17H26N2O3/c1-4-5-6-7-11-16(20)18-19-17(21)12-22-15-10-8-9-13(2)14(15)3/h8-10H,4-7,11-12H2,1-3H3,(H,18,20)(H,19,21). The van der Waals surface area contributed by atoms with E-state index in [-0.39, 0.29) is 18.4 Å². The third-order valence-electron chi connectivity index (χ3n) is 3.51. The van der Waals surface area contributed by atoms with Crippen LogP contribution in [0.25, 0.3) is 0 Å². The lowest BCUT2D eigenvalue weighted by molar-refractivity contribution is -0.130. The van der Waals surface area contributed by atoms with Crippen molar-refractivity contribution in [1.82, 2.24) is 10.9 Å². The van der Waals surface area contributed by atoms with E-state index in [1.165, 1.54) is 0 Å². The van der Waals surface area contributed by atoms with Crippen LogP contribution in [0, 0.1) is 13.8 Å². The molecule has 0 atom stereocenters. The van der Waals surface area contributed by atoms with Crippen LogP contribution in [0.5, 0.6) is 5.75 Å². The predicted octanol–water partition coefficient (Wildman–Crippen LogP) is 2.80. The summed E-state index contributed by atoms with van der Waals surface area (Å²) in [6.45, 7) is 5.93. The van der Waals surface area contributed by atoms with Crippen LogP contribution in [0.4, 0.5) is 0 Å². The SMILES string of the molecule is CCCCCCC(=O)NNC(=O)COc1cccc(C)c1C. The number of benzene rings is 1. The molecule has 0 aliphatic rings. The molecule has 0 heterocycles. The summed E-state index contributed by atoms with van der Waals surface area (Å²) in [5.41, 5.74) is 6.89. The second kappa shape index (κ2) is 9.82. The van der Waals surface area contributed by atoms with E-state index in [4.69, 9.17) is 4.74 Å². The van der Waals surface area contributed by atoms with Gasteiger partial charge in [-0.1, -0.05) is 38.3 Å². The van der Waals surface area contributed by atoms with E-state index in [0.717, 1.165) is 36.8 Å². The quantitative estimate of drug-likeness (QED) is 0.573. The van der Waals surface area contributed by atoms with Crippen molar-refractivity contribution in [2.24, 2.45) is 0 Å². The van der Waals surface area contributed by atoms with Gasteiger partial charge in [0.15, 0.2) is 6.61 Å². The molecule has 0 saturated carbocycles. The molecule has 5 heteroatoms. The fourth-order valence-corrected chi connectivity index (χ4v) is 1.97. The van der Waals surface area contributed by atoms with Crippen LogP contribution in [-0.4, -0.2) is 18.4 Å².